The van der Waals surface area contributed by atoms with Crippen LogP contribution in [0.15, 0.2) is 53.1 Å². The first kappa shape index (κ1) is 17.3. The molecule has 0 radical (unpaired) electrons. The van der Waals surface area contributed by atoms with Crippen LogP contribution in [0.1, 0.15) is 22.5 Å². The van der Waals surface area contributed by atoms with Gasteiger partial charge in [-0.05, 0) is 37.7 Å². The van der Waals surface area contributed by atoms with E-state index >= 15 is 0 Å². The van der Waals surface area contributed by atoms with Crippen LogP contribution in [0.2, 0.25) is 0 Å². The zero-order valence-electron chi connectivity index (χ0n) is 14.1. The Balaban J connectivity index is 1.59. The lowest BCUT2D eigenvalue weighted by Crippen LogP contribution is -2.31. The number of hydrazone groups is 1. The van der Waals surface area contributed by atoms with Crippen molar-refractivity contribution < 1.29 is 0 Å². The lowest BCUT2D eigenvalue weighted by atomic mass is 10.2. The SMILES string of the molecule is Cc1cc(/C=N\NC(=S)NCc2ccccc2)c(C)n1-c1nccs1. The maximum atomic E-state index is 5.25. The lowest BCUT2D eigenvalue weighted by molar-refractivity contribution is 0.868. The van der Waals surface area contributed by atoms with Crippen LogP contribution >= 0.6 is 23.6 Å². The van der Waals surface area contributed by atoms with Crippen LogP contribution in [0.3, 0.4) is 0 Å². The minimum Gasteiger partial charge on any atom is -0.357 e. The van der Waals surface area contributed by atoms with Crippen LogP contribution in [0.5, 0.6) is 0 Å². The highest BCUT2D eigenvalue weighted by atomic mass is 32.1. The van der Waals surface area contributed by atoms with Gasteiger partial charge in [-0.1, -0.05) is 30.3 Å². The molecule has 7 heteroatoms. The van der Waals surface area contributed by atoms with Crippen molar-refractivity contribution in [3.8, 4) is 5.13 Å². The highest BCUT2D eigenvalue weighted by molar-refractivity contribution is 7.80. The quantitative estimate of drug-likeness (QED) is 0.410. The Morgan fingerprint density at radius 2 is 2.12 bits per heavy atom. The van der Waals surface area contributed by atoms with Gasteiger partial charge in [0.1, 0.15) is 0 Å². The van der Waals surface area contributed by atoms with Gasteiger partial charge in [-0.15, -0.1) is 11.3 Å². The Labute approximate surface area is 156 Å². The molecular weight excluding hydrogens is 350 g/mol. The molecule has 0 saturated carbocycles. The smallest absolute Gasteiger partial charge is 0.193 e. The van der Waals surface area contributed by atoms with Crippen molar-refractivity contribution in [3.05, 3.63) is 70.5 Å². The molecule has 0 aliphatic rings. The maximum absolute atomic E-state index is 5.25. The standard InChI is InChI=1S/C18H19N5S2/c1-13-10-16(14(2)23(13)18-19-8-9-25-18)12-21-22-17(24)20-11-15-6-4-3-5-7-15/h3-10,12H,11H2,1-2H3,(H2,20,22,24)/b21-12-. The molecule has 3 rings (SSSR count). The Morgan fingerprint density at radius 3 is 2.84 bits per heavy atom. The van der Waals surface area contributed by atoms with Crippen LogP contribution < -0.4 is 10.7 Å². The third-order valence-corrected chi connectivity index (χ3v) is 4.74. The zero-order valence-corrected chi connectivity index (χ0v) is 15.7. The van der Waals surface area contributed by atoms with E-state index in [-0.39, 0.29) is 0 Å². The first-order valence-electron chi connectivity index (χ1n) is 7.85. The van der Waals surface area contributed by atoms with Crippen LogP contribution in [0, 0.1) is 13.8 Å². The van der Waals surface area contributed by atoms with Gasteiger partial charge >= 0.3 is 0 Å². The number of nitrogens with zero attached hydrogens (tertiary/aromatic N) is 3. The molecule has 2 N–H and O–H groups in total. The van der Waals surface area contributed by atoms with Gasteiger partial charge in [0.15, 0.2) is 10.2 Å². The molecule has 25 heavy (non-hydrogen) atoms. The summed E-state index contributed by atoms with van der Waals surface area (Å²) in [5.74, 6) is 0. The summed E-state index contributed by atoms with van der Waals surface area (Å²) in [6.07, 6.45) is 3.59. The molecule has 0 unspecified atom stereocenters. The molecule has 0 fully saturated rings. The summed E-state index contributed by atoms with van der Waals surface area (Å²) in [6, 6.07) is 12.2. The average molecular weight is 370 g/mol. The summed E-state index contributed by atoms with van der Waals surface area (Å²) in [5.41, 5.74) is 7.28. The number of aryl methyl sites for hydroxylation is 1. The van der Waals surface area contributed by atoms with E-state index in [1.54, 1.807) is 17.6 Å². The van der Waals surface area contributed by atoms with Crippen molar-refractivity contribution in [2.45, 2.75) is 20.4 Å². The van der Waals surface area contributed by atoms with Crippen LogP contribution in [-0.2, 0) is 6.54 Å². The zero-order chi connectivity index (χ0) is 17.6. The molecule has 0 spiro atoms. The van der Waals surface area contributed by atoms with Gasteiger partial charge in [0.25, 0.3) is 0 Å². The minimum atomic E-state index is 0.494. The van der Waals surface area contributed by atoms with E-state index in [1.807, 2.05) is 41.9 Å². The third kappa shape index (κ3) is 4.32. The number of benzene rings is 1. The minimum absolute atomic E-state index is 0.494. The van der Waals surface area contributed by atoms with Crippen molar-refractivity contribution in [2.75, 3.05) is 0 Å². The summed E-state index contributed by atoms with van der Waals surface area (Å²) in [7, 11) is 0. The van der Waals surface area contributed by atoms with Gasteiger partial charge in [-0.3, -0.25) is 9.99 Å². The van der Waals surface area contributed by atoms with E-state index in [4.69, 9.17) is 12.2 Å². The van der Waals surface area contributed by atoms with Gasteiger partial charge in [0.2, 0.25) is 0 Å². The fraction of sp³-hybridized carbons (Fsp3) is 0.167. The van der Waals surface area contributed by atoms with Crippen molar-refractivity contribution in [1.82, 2.24) is 20.3 Å². The van der Waals surface area contributed by atoms with Gasteiger partial charge in [-0.25, -0.2) is 4.98 Å². The average Bonchev–Trinajstić information content (AvgIpc) is 3.22. The van der Waals surface area contributed by atoms with Crippen LogP contribution in [-0.4, -0.2) is 20.9 Å². The lowest BCUT2D eigenvalue weighted by Gasteiger charge is -2.06. The molecule has 0 bridgehead atoms. The fourth-order valence-electron chi connectivity index (χ4n) is 2.52. The van der Waals surface area contributed by atoms with E-state index in [2.05, 4.69) is 45.3 Å². The van der Waals surface area contributed by atoms with Gasteiger partial charge in [0, 0.05) is 35.1 Å². The molecule has 2 aromatic heterocycles. The van der Waals surface area contributed by atoms with Gasteiger partial charge in [-0.2, -0.15) is 5.10 Å². The normalized spacial score (nSPS) is 11.0. The highest BCUT2D eigenvalue weighted by Crippen LogP contribution is 2.21. The molecule has 0 aliphatic heterocycles. The monoisotopic (exact) mass is 369 g/mol. The number of nitrogens with one attached hydrogen (secondary N) is 2. The van der Waals surface area contributed by atoms with E-state index < -0.39 is 0 Å². The fourth-order valence-corrected chi connectivity index (χ4v) is 3.39. The third-order valence-electron chi connectivity index (χ3n) is 3.75. The molecule has 3 aromatic rings. The largest absolute Gasteiger partial charge is 0.357 e. The Hall–Kier alpha value is -2.51. The van der Waals surface area contributed by atoms with Crippen molar-refractivity contribution in [3.63, 3.8) is 0 Å². The predicted molar refractivity (Wildman–Crippen MR) is 108 cm³/mol. The number of hydrogen-bond donors (Lipinski definition) is 2. The Kier molecular flexibility index (Phi) is 5.57. The predicted octanol–water partition coefficient (Wildman–Crippen LogP) is 3.55. The Morgan fingerprint density at radius 1 is 1.32 bits per heavy atom. The molecule has 0 aliphatic carbocycles. The number of hydrogen-bond acceptors (Lipinski definition) is 4. The second-order valence-corrected chi connectivity index (χ2v) is 6.80. The van der Waals surface area contributed by atoms with E-state index in [1.165, 1.54) is 5.56 Å². The topological polar surface area (TPSA) is 54.2 Å². The second-order valence-electron chi connectivity index (χ2n) is 5.51. The number of rotatable bonds is 5. The van der Waals surface area contributed by atoms with E-state index in [0.717, 1.165) is 22.1 Å². The maximum Gasteiger partial charge on any atom is 0.193 e. The number of thiazole rings is 1. The molecule has 1 aromatic carbocycles. The van der Waals surface area contributed by atoms with Crippen molar-refractivity contribution in [2.24, 2.45) is 5.10 Å². The van der Waals surface area contributed by atoms with Crippen molar-refractivity contribution >= 4 is 34.9 Å². The summed E-state index contributed by atoms with van der Waals surface area (Å²) in [4.78, 5) is 4.37. The van der Waals surface area contributed by atoms with Gasteiger partial charge in [0.05, 0.1) is 6.21 Å². The first-order chi connectivity index (χ1) is 12.1. The molecular formula is C18H19N5S2. The van der Waals surface area contributed by atoms with E-state index in [0.29, 0.717) is 11.7 Å². The highest BCUT2D eigenvalue weighted by Gasteiger charge is 2.10. The number of thiocarbonyl (C=S) groups is 1. The summed E-state index contributed by atoms with van der Waals surface area (Å²) >= 11 is 6.86. The van der Waals surface area contributed by atoms with E-state index in [9.17, 15) is 0 Å². The summed E-state index contributed by atoms with van der Waals surface area (Å²) in [5, 5.41) is 10.8. The second kappa shape index (κ2) is 8.04. The Bertz CT molecular complexity index is 867. The molecule has 0 amide bonds. The molecule has 128 valence electrons. The van der Waals surface area contributed by atoms with Crippen molar-refractivity contribution in [1.29, 1.82) is 0 Å². The molecule has 5 nitrogen and oxygen atoms in total. The molecule has 2 heterocycles. The van der Waals surface area contributed by atoms with Crippen LogP contribution in [0.25, 0.3) is 5.13 Å². The summed E-state index contributed by atoms with van der Waals surface area (Å²) in [6.45, 7) is 4.79. The first-order valence-corrected chi connectivity index (χ1v) is 9.13. The molecule has 0 atom stereocenters. The summed E-state index contributed by atoms with van der Waals surface area (Å²) < 4.78 is 2.12. The van der Waals surface area contributed by atoms with Gasteiger partial charge < -0.3 is 5.32 Å². The number of aromatic nitrogens is 2. The molecule has 0 saturated heterocycles. The van der Waals surface area contributed by atoms with Crippen LogP contribution in [0.4, 0.5) is 0 Å².